The molecule has 2 heterocycles. The monoisotopic (exact) mass is 263 g/mol. The number of carbonyl (C=O) groups is 1. The summed E-state index contributed by atoms with van der Waals surface area (Å²) in [6, 6.07) is 0.651. The Morgan fingerprint density at radius 2 is 2.37 bits per heavy atom. The third-order valence-electron chi connectivity index (χ3n) is 4.04. The predicted molar refractivity (Wildman–Crippen MR) is 70.5 cm³/mol. The Balaban J connectivity index is 1.67. The minimum atomic E-state index is -0.260. The van der Waals surface area contributed by atoms with E-state index in [0.29, 0.717) is 12.1 Å². The van der Waals surface area contributed by atoms with E-state index in [1.165, 1.54) is 19.2 Å². The second kappa shape index (κ2) is 5.28. The fraction of sp³-hybridized carbons (Fsp3) is 0.769. The lowest BCUT2D eigenvalue weighted by atomic mass is 10.2. The number of nitrogens with zero attached hydrogens (tertiary/aromatic N) is 4. The summed E-state index contributed by atoms with van der Waals surface area (Å²) in [4.78, 5) is 18.6. The van der Waals surface area contributed by atoms with Crippen LogP contribution in [0.25, 0.3) is 0 Å². The van der Waals surface area contributed by atoms with Gasteiger partial charge in [0.2, 0.25) is 5.91 Å². The summed E-state index contributed by atoms with van der Waals surface area (Å²) in [6.45, 7) is 3.81. The number of rotatable bonds is 5. The largest absolute Gasteiger partial charge is 0.336 e. The molecule has 1 aliphatic carbocycles. The van der Waals surface area contributed by atoms with Gasteiger partial charge in [-0.1, -0.05) is 0 Å². The van der Waals surface area contributed by atoms with E-state index in [2.05, 4.69) is 20.3 Å². The van der Waals surface area contributed by atoms with Gasteiger partial charge in [0.15, 0.2) is 0 Å². The highest BCUT2D eigenvalue weighted by molar-refractivity contribution is 5.80. The van der Waals surface area contributed by atoms with Gasteiger partial charge in [0.1, 0.15) is 18.7 Å². The Labute approximate surface area is 113 Å². The van der Waals surface area contributed by atoms with Crippen molar-refractivity contribution in [3.05, 3.63) is 12.7 Å². The molecule has 0 radical (unpaired) electrons. The number of nitrogens with one attached hydrogen (secondary N) is 1. The summed E-state index contributed by atoms with van der Waals surface area (Å²) in [5.41, 5.74) is 0. The molecule has 1 amide bonds. The topological polar surface area (TPSA) is 63.1 Å². The van der Waals surface area contributed by atoms with E-state index < -0.39 is 0 Å². The van der Waals surface area contributed by atoms with Gasteiger partial charge in [-0.3, -0.25) is 4.79 Å². The van der Waals surface area contributed by atoms with E-state index in [1.54, 1.807) is 11.0 Å². The van der Waals surface area contributed by atoms with Gasteiger partial charge in [-0.05, 0) is 39.2 Å². The first-order valence-electron chi connectivity index (χ1n) is 7.13. The van der Waals surface area contributed by atoms with Crippen molar-refractivity contribution in [1.29, 1.82) is 0 Å². The van der Waals surface area contributed by atoms with E-state index in [0.717, 1.165) is 25.9 Å². The molecule has 1 N–H and O–H groups in total. The second-order valence-corrected chi connectivity index (χ2v) is 5.57. The lowest BCUT2D eigenvalue weighted by Gasteiger charge is -2.28. The molecule has 1 aromatic rings. The Morgan fingerprint density at radius 3 is 2.95 bits per heavy atom. The van der Waals surface area contributed by atoms with E-state index >= 15 is 0 Å². The zero-order valence-electron chi connectivity index (χ0n) is 11.3. The molecule has 3 rings (SSSR count). The van der Waals surface area contributed by atoms with Gasteiger partial charge in [-0.15, -0.1) is 0 Å². The van der Waals surface area contributed by atoms with Crippen molar-refractivity contribution in [3.63, 3.8) is 0 Å². The Morgan fingerprint density at radius 1 is 1.53 bits per heavy atom. The zero-order chi connectivity index (χ0) is 13.2. The van der Waals surface area contributed by atoms with Crippen molar-refractivity contribution in [2.24, 2.45) is 0 Å². The van der Waals surface area contributed by atoms with Gasteiger partial charge < -0.3 is 10.2 Å². The third-order valence-corrected chi connectivity index (χ3v) is 4.04. The smallest absolute Gasteiger partial charge is 0.247 e. The quantitative estimate of drug-likeness (QED) is 0.844. The third kappa shape index (κ3) is 2.78. The van der Waals surface area contributed by atoms with Crippen LogP contribution in [0.2, 0.25) is 0 Å². The number of carbonyl (C=O) groups excluding carboxylic acids is 1. The molecule has 1 aliphatic heterocycles. The lowest BCUT2D eigenvalue weighted by molar-refractivity contribution is -0.135. The van der Waals surface area contributed by atoms with Crippen molar-refractivity contribution < 1.29 is 4.79 Å². The molecule has 6 heteroatoms. The van der Waals surface area contributed by atoms with Gasteiger partial charge in [-0.25, -0.2) is 9.67 Å². The van der Waals surface area contributed by atoms with Crippen molar-refractivity contribution >= 4 is 5.91 Å². The Bertz CT molecular complexity index is 422. The summed E-state index contributed by atoms with van der Waals surface area (Å²) in [6.07, 6.45) is 7.76. The first kappa shape index (κ1) is 12.6. The number of aromatic nitrogens is 3. The lowest BCUT2D eigenvalue weighted by Crippen LogP contribution is -2.45. The van der Waals surface area contributed by atoms with Crippen LogP contribution in [0.3, 0.4) is 0 Å². The summed E-state index contributed by atoms with van der Waals surface area (Å²) in [5, 5.41) is 7.54. The van der Waals surface area contributed by atoms with Gasteiger partial charge in [0.25, 0.3) is 0 Å². The van der Waals surface area contributed by atoms with Crippen LogP contribution in [0.4, 0.5) is 0 Å². The highest BCUT2D eigenvalue weighted by Gasteiger charge is 2.36. The number of amides is 1. The van der Waals surface area contributed by atoms with Crippen LogP contribution in [-0.4, -0.2) is 50.7 Å². The number of hydrogen-bond donors (Lipinski definition) is 1. The fourth-order valence-corrected chi connectivity index (χ4v) is 2.73. The zero-order valence-corrected chi connectivity index (χ0v) is 11.3. The molecule has 0 bridgehead atoms. The van der Waals surface area contributed by atoms with E-state index in [4.69, 9.17) is 0 Å². The highest BCUT2D eigenvalue weighted by Crippen LogP contribution is 2.29. The Kier molecular flexibility index (Phi) is 3.50. The molecule has 1 saturated heterocycles. The van der Waals surface area contributed by atoms with Crippen LogP contribution >= 0.6 is 0 Å². The first-order chi connectivity index (χ1) is 9.25. The minimum absolute atomic E-state index is 0.168. The maximum absolute atomic E-state index is 12.6. The van der Waals surface area contributed by atoms with E-state index in [1.807, 2.05) is 6.92 Å². The molecule has 0 spiro atoms. The van der Waals surface area contributed by atoms with Crippen LogP contribution in [0.5, 0.6) is 0 Å². The molecule has 2 unspecified atom stereocenters. The van der Waals surface area contributed by atoms with Crippen LogP contribution in [0.1, 0.15) is 38.6 Å². The SMILES string of the molecule is CC(C(=O)N(CC1CCCN1)C1CC1)n1cncn1. The molecule has 0 aromatic carbocycles. The van der Waals surface area contributed by atoms with Crippen molar-refractivity contribution in [2.75, 3.05) is 13.1 Å². The molecular weight excluding hydrogens is 242 g/mol. The van der Waals surface area contributed by atoms with E-state index in [9.17, 15) is 4.79 Å². The van der Waals surface area contributed by atoms with E-state index in [-0.39, 0.29) is 11.9 Å². The fourth-order valence-electron chi connectivity index (χ4n) is 2.73. The average Bonchev–Trinajstić information content (AvgIpc) is 2.94. The van der Waals surface area contributed by atoms with Crippen LogP contribution in [0.15, 0.2) is 12.7 Å². The molecule has 6 nitrogen and oxygen atoms in total. The van der Waals surface area contributed by atoms with Crippen LogP contribution in [0, 0.1) is 0 Å². The predicted octanol–water partition coefficient (Wildman–Crippen LogP) is 0.582. The molecule has 1 aromatic heterocycles. The molecule has 2 aliphatic rings. The molecule has 1 saturated carbocycles. The summed E-state index contributed by atoms with van der Waals surface area (Å²) in [7, 11) is 0. The minimum Gasteiger partial charge on any atom is -0.336 e. The Hall–Kier alpha value is -1.43. The van der Waals surface area contributed by atoms with Gasteiger partial charge in [0.05, 0.1) is 0 Å². The number of hydrogen-bond acceptors (Lipinski definition) is 4. The maximum atomic E-state index is 12.6. The average molecular weight is 263 g/mol. The molecule has 2 fully saturated rings. The highest BCUT2D eigenvalue weighted by atomic mass is 16.2. The van der Waals surface area contributed by atoms with Gasteiger partial charge in [0, 0.05) is 18.6 Å². The molecule has 104 valence electrons. The van der Waals surface area contributed by atoms with Crippen LogP contribution < -0.4 is 5.32 Å². The molecule has 2 atom stereocenters. The van der Waals surface area contributed by atoms with Gasteiger partial charge >= 0.3 is 0 Å². The summed E-state index contributed by atoms with van der Waals surface area (Å²) < 4.78 is 1.64. The normalized spacial score (nSPS) is 24.4. The summed E-state index contributed by atoms with van der Waals surface area (Å²) >= 11 is 0. The first-order valence-corrected chi connectivity index (χ1v) is 7.13. The van der Waals surface area contributed by atoms with Crippen molar-refractivity contribution in [1.82, 2.24) is 25.0 Å². The van der Waals surface area contributed by atoms with Crippen molar-refractivity contribution in [2.45, 2.75) is 50.7 Å². The molecule has 19 heavy (non-hydrogen) atoms. The van der Waals surface area contributed by atoms with Crippen LogP contribution in [-0.2, 0) is 4.79 Å². The summed E-state index contributed by atoms with van der Waals surface area (Å²) in [5.74, 6) is 0.168. The standard InChI is InChI=1S/C13H21N5O/c1-10(18-9-14-8-16-18)13(19)17(12-4-5-12)7-11-3-2-6-15-11/h8-12,15H,2-7H2,1H3. The van der Waals surface area contributed by atoms with Crippen molar-refractivity contribution in [3.8, 4) is 0 Å². The molecular formula is C13H21N5O. The second-order valence-electron chi connectivity index (χ2n) is 5.57. The van der Waals surface area contributed by atoms with Gasteiger partial charge in [-0.2, -0.15) is 5.10 Å². The maximum Gasteiger partial charge on any atom is 0.247 e.